The van der Waals surface area contributed by atoms with Gasteiger partial charge in [-0.3, -0.25) is 9.59 Å². The van der Waals surface area contributed by atoms with Crippen molar-refractivity contribution in [1.82, 2.24) is 5.32 Å². The second-order valence-electron chi connectivity index (χ2n) is 5.38. The fraction of sp³-hybridized carbons (Fsp3) is 0.100. The van der Waals surface area contributed by atoms with Crippen molar-refractivity contribution in [2.24, 2.45) is 5.73 Å². The van der Waals surface area contributed by atoms with Crippen molar-refractivity contribution in [3.63, 3.8) is 0 Å². The first-order chi connectivity index (χ1) is 11.5. The number of fused-ring (bicyclic) bond motifs is 1. The van der Waals surface area contributed by atoms with Crippen LogP contribution in [0.4, 0.5) is 0 Å². The number of rotatable bonds is 7. The number of nitrogens with one attached hydrogen (secondary N) is 1. The normalized spacial score (nSPS) is 12.4. The maximum Gasteiger partial charge on any atom is 0.251 e. The minimum absolute atomic E-state index is 0.268. The molecule has 0 spiro atoms. The maximum absolute atomic E-state index is 12.4. The summed E-state index contributed by atoms with van der Waals surface area (Å²) in [6, 6.07) is 12.3. The molecule has 2 aromatic rings. The van der Waals surface area contributed by atoms with Gasteiger partial charge in [0.1, 0.15) is 6.04 Å². The number of carbonyl (C=O) groups is 2. The number of hydrogen-bond acceptors (Lipinski definition) is 2. The molecular formula is C20H20N2O2. The molecule has 24 heavy (non-hydrogen) atoms. The van der Waals surface area contributed by atoms with Crippen LogP contribution in [0.3, 0.4) is 0 Å². The van der Waals surface area contributed by atoms with Gasteiger partial charge in [-0.2, -0.15) is 0 Å². The molecule has 0 saturated carbocycles. The highest BCUT2D eigenvalue weighted by atomic mass is 16.2. The van der Waals surface area contributed by atoms with Gasteiger partial charge in [-0.05, 0) is 28.5 Å². The molecule has 1 atom stereocenters. The Bertz CT molecular complexity index is 821. The van der Waals surface area contributed by atoms with E-state index in [4.69, 9.17) is 5.73 Å². The van der Waals surface area contributed by atoms with Crippen LogP contribution in [-0.2, 0) is 4.79 Å². The van der Waals surface area contributed by atoms with Gasteiger partial charge in [0.15, 0.2) is 0 Å². The summed E-state index contributed by atoms with van der Waals surface area (Å²) in [7, 11) is 0. The van der Waals surface area contributed by atoms with E-state index >= 15 is 0 Å². The summed E-state index contributed by atoms with van der Waals surface area (Å²) in [6.07, 6.45) is 5.20. The summed E-state index contributed by atoms with van der Waals surface area (Å²) in [5, 5.41) is 4.69. The Morgan fingerprint density at radius 2 is 1.83 bits per heavy atom. The smallest absolute Gasteiger partial charge is 0.251 e. The van der Waals surface area contributed by atoms with E-state index in [1.165, 1.54) is 0 Å². The van der Waals surface area contributed by atoms with E-state index in [9.17, 15) is 9.59 Å². The maximum atomic E-state index is 12.4. The number of hydrogen-bond donors (Lipinski definition) is 2. The number of primary amides is 1. The zero-order valence-electron chi connectivity index (χ0n) is 13.4. The highest BCUT2D eigenvalue weighted by molar-refractivity contribution is 6.00. The van der Waals surface area contributed by atoms with Gasteiger partial charge in [-0.1, -0.05) is 61.7 Å². The molecular weight excluding hydrogens is 300 g/mol. The molecule has 0 bridgehead atoms. The van der Waals surface area contributed by atoms with Gasteiger partial charge in [0.25, 0.3) is 5.91 Å². The van der Waals surface area contributed by atoms with Gasteiger partial charge < -0.3 is 11.1 Å². The number of benzene rings is 2. The van der Waals surface area contributed by atoms with Crippen LogP contribution in [0.5, 0.6) is 0 Å². The van der Waals surface area contributed by atoms with Crippen LogP contribution in [0.15, 0.2) is 79.4 Å². The Hall–Kier alpha value is -3.14. The van der Waals surface area contributed by atoms with Crippen LogP contribution in [0, 0.1) is 0 Å². The molecule has 4 heteroatoms. The van der Waals surface area contributed by atoms with E-state index in [0.29, 0.717) is 5.56 Å². The summed E-state index contributed by atoms with van der Waals surface area (Å²) < 4.78 is 0. The Balaban J connectivity index is 2.19. The Morgan fingerprint density at radius 1 is 1.12 bits per heavy atom. The van der Waals surface area contributed by atoms with E-state index < -0.39 is 11.9 Å². The quantitative estimate of drug-likeness (QED) is 0.769. The molecule has 0 aliphatic heterocycles. The van der Waals surface area contributed by atoms with Gasteiger partial charge >= 0.3 is 0 Å². The van der Waals surface area contributed by atoms with Crippen LogP contribution < -0.4 is 11.1 Å². The van der Waals surface area contributed by atoms with Crippen LogP contribution in [0.25, 0.3) is 10.8 Å². The van der Waals surface area contributed by atoms with E-state index in [0.717, 1.165) is 16.3 Å². The van der Waals surface area contributed by atoms with E-state index in [-0.39, 0.29) is 12.3 Å². The summed E-state index contributed by atoms with van der Waals surface area (Å²) in [4.78, 5) is 24.1. The van der Waals surface area contributed by atoms with Crippen LogP contribution in [0.2, 0.25) is 0 Å². The molecule has 1 unspecified atom stereocenters. The monoisotopic (exact) mass is 320 g/mol. The first kappa shape index (κ1) is 17.2. The molecule has 2 aromatic carbocycles. The lowest BCUT2D eigenvalue weighted by Gasteiger charge is -2.16. The number of carbonyl (C=O) groups excluding carboxylic acids is 2. The molecule has 0 fully saturated rings. The fourth-order valence-corrected chi connectivity index (χ4v) is 2.40. The molecule has 0 radical (unpaired) electrons. The molecule has 3 N–H and O–H groups in total. The van der Waals surface area contributed by atoms with Gasteiger partial charge in [0.2, 0.25) is 5.91 Å². The molecule has 2 amide bonds. The zero-order valence-corrected chi connectivity index (χ0v) is 13.4. The van der Waals surface area contributed by atoms with E-state index in [1.54, 1.807) is 30.4 Å². The second kappa shape index (κ2) is 7.92. The predicted octanol–water partition coefficient (Wildman–Crippen LogP) is 3.11. The lowest BCUT2D eigenvalue weighted by Crippen LogP contribution is -2.44. The van der Waals surface area contributed by atoms with Gasteiger partial charge in [-0.25, -0.2) is 0 Å². The van der Waals surface area contributed by atoms with Crippen molar-refractivity contribution < 1.29 is 9.59 Å². The largest absolute Gasteiger partial charge is 0.368 e. The minimum Gasteiger partial charge on any atom is -0.368 e. The molecule has 0 saturated heterocycles. The first-order valence-corrected chi connectivity index (χ1v) is 7.58. The Kier molecular flexibility index (Phi) is 5.68. The third kappa shape index (κ3) is 4.20. The molecule has 4 nitrogen and oxygen atoms in total. The van der Waals surface area contributed by atoms with Crippen molar-refractivity contribution in [2.75, 3.05) is 0 Å². The average molecular weight is 320 g/mol. The highest BCUT2D eigenvalue weighted by Gasteiger charge is 2.19. The van der Waals surface area contributed by atoms with E-state index in [1.807, 2.05) is 30.3 Å². The lowest BCUT2D eigenvalue weighted by atomic mass is 10.0. The Morgan fingerprint density at radius 3 is 2.46 bits per heavy atom. The van der Waals surface area contributed by atoms with Gasteiger partial charge in [0.05, 0.1) is 0 Å². The number of amides is 2. The molecule has 0 aliphatic rings. The molecule has 0 aromatic heterocycles. The van der Waals surface area contributed by atoms with Crippen LogP contribution >= 0.6 is 0 Å². The van der Waals surface area contributed by atoms with Crippen LogP contribution in [0.1, 0.15) is 16.8 Å². The van der Waals surface area contributed by atoms with Crippen molar-refractivity contribution in [1.29, 1.82) is 0 Å². The third-order valence-corrected chi connectivity index (χ3v) is 3.69. The summed E-state index contributed by atoms with van der Waals surface area (Å²) >= 11 is 0. The second-order valence-corrected chi connectivity index (χ2v) is 5.38. The fourth-order valence-electron chi connectivity index (χ4n) is 2.40. The topological polar surface area (TPSA) is 72.2 Å². The first-order valence-electron chi connectivity index (χ1n) is 7.58. The molecule has 0 heterocycles. The standard InChI is InChI=1S/C20H20N2O2/c1-3-7-14(4-2)12-18(19(21)23)22-20(24)17-11-10-15-8-5-6-9-16(15)13-17/h3-11,13,18H,1-2,12H2,(H2,21,23)(H,22,24)/b14-7+. The zero-order chi connectivity index (χ0) is 17.5. The van der Waals surface area contributed by atoms with Crippen molar-refractivity contribution in [3.05, 3.63) is 85.0 Å². The summed E-state index contributed by atoms with van der Waals surface area (Å²) in [6.45, 7) is 7.29. The number of allylic oxidation sites excluding steroid dienone is 3. The highest BCUT2D eigenvalue weighted by Crippen LogP contribution is 2.16. The predicted molar refractivity (Wildman–Crippen MR) is 97.5 cm³/mol. The summed E-state index contributed by atoms with van der Waals surface area (Å²) in [5.74, 6) is -0.937. The Labute approximate surface area is 141 Å². The van der Waals surface area contributed by atoms with Gasteiger partial charge in [0, 0.05) is 12.0 Å². The van der Waals surface area contributed by atoms with Crippen LogP contribution in [-0.4, -0.2) is 17.9 Å². The minimum atomic E-state index is -0.812. The lowest BCUT2D eigenvalue weighted by molar-refractivity contribution is -0.119. The van der Waals surface area contributed by atoms with Crippen molar-refractivity contribution in [2.45, 2.75) is 12.5 Å². The molecule has 122 valence electrons. The van der Waals surface area contributed by atoms with Crippen molar-refractivity contribution >= 4 is 22.6 Å². The average Bonchev–Trinajstić information content (AvgIpc) is 2.59. The van der Waals surface area contributed by atoms with E-state index in [2.05, 4.69) is 18.5 Å². The SMILES string of the molecule is C=C/C=C(\C=C)CC(NC(=O)c1ccc2ccccc2c1)C(N)=O. The third-order valence-electron chi connectivity index (χ3n) is 3.69. The number of nitrogens with two attached hydrogens (primary N) is 1. The summed E-state index contributed by atoms with van der Waals surface area (Å²) in [5.41, 5.74) is 6.66. The van der Waals surface area contributed by atoms with Crippen molar-refractivity contribution in [3.8, 4) is 0 Å². The molecule has 2 rings (SSSR count). The van der Waals surface area contributed by atoms with Gasteiger partial charge in [-0.15, -0.1) is 0 Å². The molecule has 0 aliphatic carbocycles.